The molecule has 1 unspecified atom stereocenters. The van der Waals surface area contributed by atoms with Crippen LogP contribution in [0.25, 0.3) is 0 Å². The third-order valence-electron chi connectivity index (χ3n) is 2.66. The third kappa shape index (κ3) is 5.01. The lowest BCUT2D eigenvalue weighted by molar-refractivity contribution is 0.173. The van der Waals surface area contributed by atoms with Gasteiger partial charge in [0, 0.05) is 32.9 Å². The van der Waals surface area contributed by atoms with Gasteiger partial charge in [-0.2, -0.15) is 0 Å². The summed E-state index contributed by atoms with van der Waals surface area (Å²) in [4.78, 5) is 13.3. The minimum absolute atomic E-state index is 0.171. The van der Waals surface area contributed by atoms with Gasteiger partial charge in [-0.05, 0) is 17.7 Å². The molecule has 0 heterocycles. The lowest BCUT2D eigenvalue weighted by Gasteiger charge is -2.15. The van der Waals surface area contributed by atoms with Gasteiger partial charge in [0.2, 0.25) is 0 Å². The van der Waals surface area contributed by atoms with Crippen LogP contribution in [0.1, 0.15) is 11.7 Å². The first-order valence-corrected chi connectivity index (χ1v) is 6.12. The monoisotopic (exact) mass is 263 g/mol. The molecule has 1 aromatic carbocycles. The van der Waals surface area contributed by atoms with Gasteiger partial charge < -0.3 is 20.6 Å². The molecule has 0 bridgehead atoms. The summed E-state index contributed by atoms with van der Waals surface area (Å²) in [6.45, 7) is 4.08. The maximum Gasteiger partial charge on any atom is 0.315 e. The maximum absolute atomic E-state index is 11.3. The number of anilines is 1. The van der Waals surface area contributed by atoms with Crippen molar-refractivity contribution in [2.24, 2.45) is 0 Å². The van der Waals surface area contributed by atoms with Gasteiger partial charge in [0.05, 0.1) is 6.10 Å². The second-order valence-electron chi connectivity index (χ2n) is 4.38. The number of carbonyl (C=O) groups is 1. The summed E-state index contributed by atoms with van der Waals surface area (Å²) in [5.41, 5.74) is 1.84. The van der Waals surface area contributed by atoms with Crippen molar-refractivity contribution in [1.29, 1.82) is 0 Å². The maximum atomic E-state index is 11.3. The van der Waals surface area contributed by atoms with Crippen LogP contribution < -0.4 is 15.5 Å². The number of nitrogens with zero attached hydrogens (tertiary/aromatic N) is 1. The molecule has 1 aromatic rings. The van der Waals surface area contributed by atoms with Gasteiger partial charge >= 0.3 is 6.03 Å². The smallest absolute Gasteiger partial charge is 0.315 e. The molecule has 0 spiro atoms. The molecule has 2 amide bonds. The zero-order valence-electron chi connectivity index (χ0n) is 11.4. The number of amides is 2. The Balaban J connectivity index is 2.46. The fourth-order valence-corrected chi connectivity index (χ4v) is 1.53. The highest BCUT2D eigenvalue weighted by Gasteiger charge is 2.09. The Morgan fingerprint density at radius 1 is 1.37 bits per heavy atom. The van der Waals surface area contributed by atoms with E-state index in [0.717, 1.165) is 11.3 Å². The predicted molar refractivity (Wildman–Crippen MR) is 77.3 cm³/mol. The van der Waals surface area contributed by atoms with Gasteiger partial charge in [0.15, 0.2) is 0 Å². The lowest BCUT2D eigenvalue weighted by Crippen LogP contribution is -2.37. The fraction of sp³-hybridized carbons (Fsp3) is 0.357. The molecule has 0 saturated heterocycles. The molecule has 19 heavy (non-hydrogen) atoms. The minimum Gasteiger partial charge on any atom is -0.387 e. The number of aliphatic hydroxyl groups is 1. The normalized spacial score (nSPS) is 11.5. The second-order valence-corrected chi connectivity index (χ2v) is 4.38. The van der Waals surface area contributed by atoms with Crippen molar-refractivity contribution in [2.75, 3.05) is 32.1 Å². The molecule has 5 heteroatoms. The van der Waals surface area contributed by atoms with E-state index in [1.165, 1.54) is 0 Å². The largest absolute Gasteiger partial charge is 0.387 e. The average molecular weight is 263 g/mol. The molecule has 1 rings (SSSR count). The van der Waals surface area contributed by atoms with Crippen molar-refractivity contribution in [1.82, 2.24) is 10.6 Å². The summed E-state index contributed by atoms with van der Waals surface area (Å²) in [6, 6.07) is 7.24. The Kier molecular flexibility index (Phi) is 5.89. The highest BCUT2D eigenvalue weighted by Crippen LogP contribution is 2.17. The quantitative estimate of drug-likeness (QED) is 0.677. The lowest BCUT2D eigenvalue weighted by atomic mass is 10.1. The van der Waals surface area contributed by atoms with E-state index >= 15 is 0 Å². The third-order valence-corrected chi connectivity index (χ3v) is 2.66. The highest BCUT2D eigenvalue weighted by atomic mass is 16.3. The van der Waals surface area contributed by atoms with Crippen LogP contribution in [0, 0.1) is 0 Å². The van der Waals surface area contributed by atoms with Gasteiger partial charge in [-0.1, -0.05) is 18.2 Å². The number of rotatable bonds is 6. The first-order chi connectivity index (χ1) is 9.04. The summed E-state index contributed by atoms with van der Waals surface area (Å²) >= 11 is 0. The van der Waals surface area contributed by atoms with E-state index in [-0.39, 0.29) is 12.6 Å². The number of aliphatic hydroxyl groups excluding tert-OH is 1. The number of benzene rings is 1. The van der Waals surface area contributed by atoms with Crippen LogP contribution in [0.2, 0.25) is 0 Å². The second kappa shape index (κ2) is 7.43. The first-order valence-electron chi connectivity index (χ1n) is 6.12. The Morgan fingerprint density at radius 2 is 2.00 bits per heavy atom. The number of hydrogen-bond donors (Lipinski definition) is 3. The highest BCUT2D eigenvalue weighted by molar-refractivity contribution is 5.73. The zero-order valence-corrected chi connectivity index (χ0v) is 11.4. The molecular weight excluding hydrogens is 242 g/mol. The van der Waals surface area contributed by atoms with Crippen molar-refractivity contribution in [3.05, 3.63) is 42.5 Å². The van der Waals surface area contributed by atoms with Crippen molar-refractivity contribution in [3.8, 4) is 0 Å². The SMILES string of the molecule is C=CCNC(=O)NCC(O)c1ccc(N(C)C)cc1. The Labute approximate surface area is 113 Å². The minimum atomic E-state index is -0.717. The molecule has 104 valence electrons. The van der Waals surface area contributed by atoms with Crippen LogP contribution >= 0.6 is 0 Å². The van der Waals surface area contributed by atoms with Crippen LogP contribution in [-0.4, -0.2) is 38.3 Å². The van der Waals surface area contributed by atoms with E-state index in [4.69, 9.17) is 0 Å². The van der Waals surface area contributed by atoms with Crippen LogP contribution in [0.4, 0.5) is 10.5 Å². The number of hydrogen-bond acceptors (Lipinski definition) is 3. The summed E-state index contributed by atoms with van der Waals surface area (Å²) < 4.78 is 0. The van der Waals surface area contributed by atoms with Crippen LogP contribution in [0.3, 0.4) is 0 Å². The molecule has 5 nitrogen and oxygen atoms in total. The predicted octanol–water partition coefficient (Wildman–Crippen LogP) is 1.27. The fourth-order valence-electron chi connectivity index (χ4n) is 1.53. The van der Waals surface area contributed by atoms with Crippen molar-refractivity contribution in [3.63, 3.8) is 0 Å². The van der Waals surface area contributed by atoms with Crippen LogP contribution in [0.15, 0.2) is 36.9 Å². The van der Waals surface area contributed by atoms with Gasteiger partial charge in [-0.15, -0.1) is 6.58 Å². The van der Waals surface area contributed by atoms with Gasteiger partial charge in [0.1, 0.15) is 0 Å². The Hall–Kier alpha value is -2.01. The van der Waals surface area contributed by atoms with Crippen LogP contribution in [-0.2, 0) is 0 Å². The molecule has 0 aromatic heterocycles. The van der Waals surface area contributed by atoms with Crippen LogP contribution in [0.5, 0.6) is 0 Å². The number of nitrogens with one attached hydrogen (secondary N) is 2. The summed E-state index contributed by atoms with van der Waals surface area (Å²) in [6.07, 6.45) is 0.876. The van der Waals surface area contributed by atoms with E-state index in [1.807, 2.05) is 43.3 Å². The standard InChI is InChI=1S/C14H21N3O2/c1-4-9-15-14(19)16-10-13(18)11-5-7-12(8-6-11)17(2)3/h4-8,13,18H,1,9-10H2,2-3H3,(H2,15,16,19). The van der Waals surface area contributed by atoms with Crippen molar-refractivity contribution < 1.29 is 9.90 Å². The van der Waals surface area contributed by atoms with E-state index in [0.29, 0.717) is 6.54 Å². The summed E-state index contributed by atoms with van der Waals surface area (Å²) in [5.74, 6) is 0. The molecule has 0 aliphatic heterocycles. The van der Waals surface area contributed by atoms with E-state index in [2.05, 4.69) is 17.2 Å². The molecule has 0 radical (unpaired) electrons. The molecule has 3 N–H and O–H groups in total. The molecule has 0 aliphatic rings. The van der Waals surface area contributed by atoms with E-state index < -0.39 is 6.10 Å². The molecule has 0 aliphatic carbocycles. The average Bonchev–Trinajstić information content (AvgIpc) is 2.42. The van der Waals surface area contributed by atoms with Gasteiger partial charge in [-0.25, -0.2) is 4.79 Å². The molecular formula is C14H21N3O2. The summed E-state index contributed by atoms with van der Waals surface area (Å²) in [5, 5.41) is 15.1. The van der Waals surface area contributed by atoms with E-state index in [9.17, 15) is 9.90 Å². The zero-order chi connectivity index (χ0) is 14.3. The van der Waals surface area contributed by atoms with E-state index in [1.54, 1.807) is 6.08 Å². The Morgan fingerprint density at radius 3 is 2.53 bits per heavy atom. The topological polar surface area (TPSA) is 64.6 Å². The summed E-state index contributed by atoms with van der Waals surface area (Å²) in [7, 11) is 3.91. The molecule has 1 atom stereocenters. The Bertz CT molecular complexity index is 415. The van der Waals surface area contributed by atoms with Crippen molar-refractivity contribution >= 4 is 11.7 Å². The molecule has 0 saturated carbocycles. The molecule has 0 fully saturated rings. The first kappa shape index (κ1) is 15.0. The van der Waals surface area contributed by atoms with Gasteiger partial charge in [-0.3, -0.25) is 0 Å². The van der Waals surface area contributed by atoms with Crippen molar-refractivity contribution in [2.45, 2.75) is 6.10 Å². The van der Waals surface area contributed by atoms with Gasteiger partial charge in [0.25, 0.3) is 0 Å². The number of carbonyl (C=O) groups excluding carboxylic acids is 1. The number of urea groups is 1.